The minimum absolute atomic E-state index is 0.0934. The van der Waals surface area contributed by atoms with Crippen molar-refractivity contribution in [3.63, 3.8) is 0 Å². The highest BCUT2D eigenvalue weighted by atomic mass is 16.5. The Kier molecular flexibility index (Phi) is 6.01. The van der Waals surface area contributed by atoms with Gasteiger partial charge in [-0.2, -0.15) is 0 Å². The quantitative estimate of drug-likeness (QED) is 0.740. The lowest BCUT2D eigenvalue weighted by atomic mass is 9.96. The molecule has 0 atom stereocenters. The summed E-state index contributed by atoms with van der Waals surface area (Å²) in [6, 6.07) is 8.43. The van der Waals surface area contributed by atoms with Crippen LogP contribution >= 0.6 is 0 Å². The van der Waals surface area contributed by atoms with Gasteiger partial charge < -0.3 is 15.0 Å². The van der Waals surface area contributed by atoms with Crippen LogP contribution < -0.4 is 15.6 Å². The van der Waals surface area contributed by atoms with E-state index in [0.717, 1.165) is 38.0 Å². The zero-order valence-electron chi connectivity index (χ0n) is 14.7. The molecule has 1 fully saturated rings. The molecule has 0 bridgehead atoms. The topological polar surface area (TPSA) is 73.9 Å². The van der Waals surface area contributed by atoms with Crippen LogP contribution in [0.25, 0.3) is 0 Å². The van der Waals surface area contributed by atoms with Crippen molar-refractivity contribution < 1.29 is 14.3 Å². The van der Waals surface area contributed by atoms with Crippen LogP contribution in [0, 0.1) is 0 Å². The largest absolute Gasteiger partial charge is 0.364 e. The normalized spacial score (nSPS) is 18.9. The average molecular weight is 346 g/mol. The summed E-state index contributed by atoms with van der Waals surface area (Å²) in [5.41, 5.74) is 5.48. The lowest BCUT2D eigenvalue weighted by molar-refractivity contribution is -0.122. The second-order valence-electron chi connectivity index (χ2n) is 6.48. The van der Waals surface area contributed by atoms with Crippen molar-refractivity contribution in [2.24, 2.45) is 0 Å². The molecule has 2 aliphatic rings. The van der Waals surface area contributed by atoms with Gasteiger partial charge in [0.1, 0.15) is 6.73 Å². The Bertz CT molecular complexity index is 614. The fourth-order valence-electron chi connectivity index (χ4n) is 3.53. The van der Waals surface area contributed by atoms with Crippen LogP contribution in [0.5, 0.6) is 0 Å². The Hall–Kier alpha value is -1.96. The number of nitrogens with one attached hydrogen (secondary N) is 2. The third-order valence-electron chi connectivity index (χ3n) is 4.83. The van der Waals surface area contributed by atoms with Gasteiger partial charge in [0.2, 0.25) is 11.8 Å². The SMILES string of the molecule is COCNC(=O)CNN1CCC(N2C(=O)CCc3ccccc32)CC1. The fourth-order valence-corrected chi connectivity index (χ4v) is 3.53. The maximum Gasteiger partial charge on any atom is 0.237 e. The van der Waals surface area contributed by atoms with Crippen molar-refractivity contribution in [1.29, 1.82) is 0 Å². The molecule has 1 saturated heterocycles. The first-order chi connectivity index (χ1) is 12.2. The Morgan fingerprint density at radius 3 is 2.76 bits per heavy atom. The number of fused-ring (bicyclic) bond motifs is 1. The van der Waals surface area contributed by atoms with E-state index >= 15 is 0 Å². The lowest BCUT2D eigenvalue weighted by Gasteiger charge is -2.41. The number of hydrogen-bond donors (Lipinski definition) is 2. The maximum atomic E-state index is 12.5. The van der Waals surface area contributed by atoms with Crippen LogP contribution in [0.2, 0.25) is 0 Å². The van der Waals surface area contributed by atoms with Gasteiger partial charge in [0, 0.05) is 38.3 Å². The van der Waals surface area contributed by atoms with E-state index < -0.39 is 0 Å². The van der Waals surface area contributed by atoms with E-state index in [9.17, 15) is 9.59 Å². The number of ether oxygens (including phenoxy) is 1. The Morgan fingerprint density at radius 1 is 1.24 bits per heavy atom. The van der Waals surface area contributed by atoms with Crippen LogP contribution in [0.3, 0.4) is 0 Å². The smallest absolute Gasteiger partial charge is 0.237 e. The average Bonchev–Trinajstić information content (AvgIpc) is 2.65. The second-order valence-corrected chi connectivity index (χ2v) is 6.48. The van der Waals surface area contributed by atoms with Crippen molar-refractivity contribution in [2.75, 3.05) is 38.4 Å². The van der Waals surface area contributed by atoms with Gasteiger partial charge in [-0.15, -0.1) is 0 Å². The van der Waals surface area contributed by atoms with E-state index in [4.69, 9.17) is 4.74 Å². The van der Waals surface area contributed by atoms with Crippen molar-refractivity contribution in [2.45, 2.75) is 31.7 Å². The number of rotatable bonds is 6. The number of benzene rings is 1. The van der Waals surface area contributed by atoms with E-state index in [-0.39, 0.29) is 31.1 Å². The van der Waals surface area contributed by atoms with Gasteiger partial charge in [-0.1, -0.05) is 18.2 Å². The third kappa shape index (κ3) is 4.36. The molecule has 0 aliphatic carbocycles. The van der Waals surface area contributed by atoms with E-state index in [2.05, 4.69) is 27.9 Å². The highest BCUT2D eigenvalue weighted by molar-refractivity contribution is 5.97. The molecule has 136 valence electrons. The minimum atomic E-state index is -0.0934. The predicted octanol–water partition coefficient (Wildman–Crippen LogP) is 0.655. The first-order valence-electron chi connectivity index (χ1n) is 8.83. The first-order valence-corrected chi connectivity index (χ1v) is 8.83. The van der Waals surface area contributed by atoms with Crippen molar-refractivity contribution >= 4 is 17.5 Å². The molecule has 7 nitrogen and oxygen atoms in total. The summed E-state index contributed by atoms with van der Waals surface area (Å²) in [6.07, 6.45) is 3.22. The molecular formula is C18H26N4O3. The van der Waals surface area contributed by atoms with Gasteiger partial charge in [0.15, 0.2) is 0 Å². The van der Waals surface area contributed by atoms with Gasteiger partial charge in [-0.05, 0) is 30.9 Å². The molecule has 2 N–H and O–H groups in total. The number of piperidine rings is 1. The lowest BCUT2D eigenvalue weighted by Crippen LogP contribution is -2.53. The summed E-state index contributed by atoms with van der Waals surface area (Å²) in [4.78, 5) is 26.1. The number of nitrogens with zero attached hydrogens (tertiary/aromatic N) is 2. The molecule has 25 heavy (non-hydrogen) atoms. The zero-order chi connectivity index (χ0) is 17.6. The summed E-state index contributed by atoms with van der Waals surface area (Å²) in [5, 5.41) is 4.70. The predicted molar refractivity (Wildman–Crippen MR) is 94.9 cm³/mol. The Balaban J connectivity index is 1.52. The van der Waals surface area contributed by atoms with Crippen LogP contribution in [-0.2, 0) is 20.7 Å². The summed E-state index contributed by atoms with van der Waals surface area (Å²) in [6.45, 7) is 2.08. The summed E-state index contributed by atoms with van der Waals surface area (Å²) in [5.74, 6) is 0.133. The number of carbonyl (C=O) groups is 2. The standard InChI is InChI=1S/C18H26N4O3/c1-25-13-19-17(23)12-20-21-10-8-15(9-11-21)22-16-5-3-2-4-14(16)6-7-18(22)24/h2-5,15,20H,6-13H2,1H3,(H,19,23). The van der Waals surface area contributed by atoms with Gasteiger partial charge in [0.05, 0.1) is 6.54 Å². The summed E-state index contributed by atoms with van der Waals surface area (Å²) >= 11 is 0. The van der Waals surface area contributed by atoms with Crippen LogP contribution in [0.1, 0.15) is 24.8 Å². The van der Waals surface area contributed by atoms with Gasteiger partial charge in [0.25, 0.3) is 0 Å². The van der Waals surface area contributed by atoms with Crippen LogP contribution in [-0.4, -0.2) is 56.3 Å². The number of para-hydroxylation sites is 1. The monoisotopic (exact) mass is 346 g/mol. The number of methoxy groups -OCH3 is 1. The number of amides is 2. The molecule has 0 unspecified atom stereocenters. The molecule has 2 aliphatic heterocycles. The zero-order valence-corrected chi connectivity index (χ0v) is 14.7. The molecule has 7 heteroatoms. The van der Waals surface area contributed by atoms with Gasteiger partial charge in [-0.25, -0.2) is 10.4 Å². The molecular weight excluding hydrogens is 320 g/mol. The van der Waals surface area contributed by atoms with E-state index in [1.807, 2.05) is 17.0 Å². The number of anilines is 1. The van der Waals surface area contributed by atoms with Crippen molar-refractivity contribution in [3.8, 4) is 0 Å². The number of aryl methyl sites for hydroxylation is 1. The fraction of sp³-hybridized carbons (Fsp3) is 0.556. The summed E-state index contributed by atoms with van der Waals surface area (Å²) < 4.78 is 4.81. The molecule has 0 radical (unpaired) electrons. The molecule has 3 rings (SSSR count). The first kappa shape index (κ1) is 17.8. The highest BCUT2D eigenvalue weighted by Crippen LogP contribution is 2.32. The maximum absolute atomic E-state index is 12.5. The Morgan fingerprint density at radius 2 is 2.00 bits per heavy atom. The van der Waals surface area contributed by atoms with E-state index in [1.54, 1.807) is 7.11 Å². The third-order valence-corrected chi connectivity index (χ3v) is 4.83. The number of hydrazine groups is 1. The molecule has 0 spiro atoms. The van der Waals surface area contributed by atoms with E-state index in [0.29, 0.717) is 6.42 Å². The van der Waals surface area contributed by atoms with Crippen LogP contribution in [0.4, 0.5) is 5.69 Å². The molecule has 1 aromatic rings. The van der Waals surface area contributed by atoms with Gasteiger partial charge in [-0.3, -0.25) is 9.59 Å². The summed E-state index contributed by atoms with van der Waals surface area (Å²) in [7, 11) is 1.54. The van der Waals surface area contributed by atoms with E-state index in [1.165, 1.54) is 5.56 Å². The van der Waals surface area contributed by atoms with Crippen molar-refractivity contribution in [1.82, 2.24) is 15.8 Å². The van der Waals surface area contributed by atoms with Crippen LogP contribution in [0.15, 0.2) is 24.3 Å². The number of carbonyl (C=O) groups excluding carboxylic acids is 2. The Labute approximate surface area is 148 Å². The molecule has 2 heterocycles. The van der Waals surface area contributed by atoms with Crippen molar-refractivity contribution in [3.05, 3.63) is 29.8 Å². The number of hydrogen-bond acceptors (Lipinski definition) is 5. The second kappa shape index (κ2) is 8.42. The minimum Gasteiger partial charge on any atom is -0.364 e. The molecule has 1 aromatic carbocycles. The highest BCUT2D eigenvalue weighted by Gasteiger charge is 2.32. The molecule has 0 saturated carbocycles. The molecule has 0 aromatic heterocycles. The van der Waals surface area contributed by atoms with Gasteiger partial charge >= 0.3 is 0 Å². The molecule has 2 amide bonds.